The summed E-state index contributed by atoms with van der Waals surface area (Å²) in [6.45, 7) is 2.73. The molecule has 21 heavy (non-hydrogen) atoms. The molecule has 0 saturated carbocycles. The molecule has 0 unspecified atom stereocenters. The maximum Gasteiger partial charge on any atom is 0.278 e. The Morgan fingerprint density at radius 1 is 1.29 bits per heavy atom. The molecule has 1 aromatic heterocycles. The van der Waals surface area contributed by atoms with Gasteiger partial charge < -0.3 is 15.0 Å². The van der Waals surface area contributed by atoms with E-state index in [1.165, 1.54) is 4.90 Å². The van der Waals surface area contributed by atoms with E-state index in [1.807, 2.05) is 25.1 Å². The molecule has 110 valence electrons. The third kappa shape index (κ3) is 3.47. The standard InChI is InChI=1S/C15H18N4O2/c1-4-16-14-9-8-13(17-18-14)15(20)19(2)11-6-5-7-12(10-11)21-3/h5-10H,4H2,1-3H3,(H,16,18). The average Bonchev–Trinajstić information content (AvgIpc) is 2.54. The Hall–Kier alpha value is -2.63. The van der Waals surface area contributed by atoms with Gasteiger partial charge in [0, 0.05) is 25.3 Å². The first-order chi connectivity index (χ1) is 10.2. The van der Waals surface area contributed by atoms with Crippen LogP contribution in [0.1, 0.15) is 17.4 Å². The summed E-state index contributed by atoms with van der Waals surface area (Å²) in [6, 6.07) is 10.7. The highest BCUT2D eigenvalue weighted by molar-refractivity contribution is 6.04. The summed E-state index contributed by atoms with van der Waals surface area (Å²) in [5, 5.41) is 11.0. The first kappa shape index (κ1) is 14.8. The van der Waals surface area contributed by atoms with Crippen LogP contribution in [0.25, 0.3) is 0 Å². The first-order valence-corrected chi connectivity index (χ1v) is 6.65. The minimum atomic E-state index is -0.223. The van der Waals surface area contributed by atoms with Crippen LogP contribution in [-0.4, -0.2) is 36.8 Å². The van der Waals surface area contributed by atoms with Crippen molar-refractivity contribution in [1.82, 2.24) is 10.2 Å². The summed E-state index contributed by atoms with van der Waals surface area (Å²) in [6.07, 6.45) is 0. The zero-order valence-electron chi connectivity index (χ0n) is 12.3. The maximum atomic E-state index is 12.4. The van der Waals surface area contributed by atoms with Crippen molar-refractivity contribution < 1.29 is 9.53 Å². The molecule has 6 heteroatoms. The molecule has 6 nitrogen and oxygen atoms in total. The number of benzene rings is 1. The van der Waals surface area contributed by atoms with Gasteiger partial charge in [-0.25, -0.2) is 0 Å². The molecule has 1 amide bonds. The first-order valence-electron chi connectivity index (χ1n) is 6.65. The van der Waals surface area contributed by atoms with Crippen LogP contribution in [0.2, 0.25) is 0 Å². The van der Waals surface area contributed by atoms with Crippen molar-refractivity contribution in [2.75, 3.05) is 30.9 Å². The van der Waals surface area contributed by atoms with Gasteiger partial charge in [-0.05, 0) is 31.2 Å². The molecule has 0 radical (unpaired) electrons. The number of amides is 1. The monoisotopic (exact) mass is 286 g/mol. The summed E-state index contributed by atoms with van der Waals surface area (Å²) in [5.74, 6) is 1.12. The lowest BCUT2D eigenvalue weighted by Gasteiger charge is -2.17. The Bertz CT molecular complexity index is 613. The largest absolute Gasteiger partial charge is 0.497 e. The molecule has 0 spiro atoms. The van der Waals surface area contributed by atoms with Gasteiger partial charge in [0.25, 0.3) is 5.91 Å². The van der Waals surface area contributed by atoms with Crippen LogP contribution in [-0.2, 0) is 0 Å². The molecule has 0 atom stereocenters. The van der Waals surface area contributed by atoms with Gasteiger partial charge in [-0.1, -0.05) is 6.07 Å². The van der Waals surface area contributed by atoms with E-state index in [2.05, 4.69) is 15.5 Å². The minimum absolute atomic E-state index is 0.223. The molecular formula is C15H18N4O2. The summed E-state index contributed by atoms with van der Waals surface area (Å²) < 4.78 is 5.16. The van der Waals surface area contributed by atoms with E-state index in [1.54, 1.807) is 32.4 Å². The third-order valence-corrected chi connectivity index (χ3v) is 2.99. The zero-order chi connectivity index (χ0) is 15.2. The number of anilines is 2. The number of carbonyl (C=O) groups excluding carboxylic acids is 1. The number of hydrogen-bond acceptors (Lipinski definition) is 5. The van der Waals surface area contributed by atoms with Gasteiger partial charge in [0.15, 0.2) is 5.69 Å². The van der Waals surface area contributed by atoms with E-state index in [4.69, 9.17) is 4.74 Å². The molecule has 0 bridgehead atoms. The Kier molecular flexibility index (Phi) is 4.71. The number of hydrogen-bond donors (Lipinski definition) is 1. The van der Waals surface area contributed by atoms with E-state index >= 15 is 0 Å². The molecular weight excluding hydrogens is 268 g/mol. The van der Waals surface area contributed by atoms with E-state index < -0.39 is 0 Å². The van der Waals surface area contributed by atoms with Crippen LogP contribution in [0.5, 0.6) is 5.75 Å². The molecule has 0 saturated heterocycles. The fourth-order valence-electron chi connectivity index (χ4n) is 1.83. The van der Waals surface area contributed by atoms with Crippen LogP contribution in [0.4, 0.5) is 11.5 Å². The van der Waals surface area contributed by atoms with E-state index in [9.17, 15) is 4.79 Å². The van der Waals surface area contributed by atoms with Gasteiger partial charge in [-0.15, -0.1) is 10.2 Å². The Balaban J connectivity index is 2.17. The summed E-state index contributed by atoms with van der Waals surface area (Å²) in [4.78, 5) is 13.9. The number of methoxy groups -OCH3 is 1. The Morgan fingerprint density at radius 3 is 2.71 bits per heavy atom. The molecule has 2 rings (SSSR count). The van der Waals surface area contributed by atoms with Gasteiger partial charge in [0.05, 0.1) is 7.11 Å². The second-order valence-corrected chi connectivity index (χ2v) is 4.40. The van der Waals surface area contributed by atoms with Crippen LogP contribution in [0.15, 0.2) is 36.4 Å². The molecule has 1 N–H and O–H groups in total. The lowest BCUT2D eigenvalue weighted by Crippen LogP contribution is -2.27. The number of nitrogens with zero attached hydrogens (tertiary/aromatic N) is 3. The highest BCUT2D eigenvalue weighted by Crippen LogP contribution is 2.21. The highest BCUT2D eigenvalue weighted by atomic mass is 16.5. The van der Waals surface area contributed by atoms with Crippen molar-refractivity contribution in [1.29, 1.82) is 0 Å². The smallest absolute Gasteiger partial charge is 0.278 e. The normalized spacial score (nSPS) is 10.0. The number of ether oxygens (including phenoxy) is 1. The van der Waals surface area contributed by atoms with Crippen LogP contribution < -0.4 is 15.0 Å². The summed E-state index contributed by atoms with van der Waals surface area (Å²) in [5.41, 5.74) is 1.03. The van der Waals surface area contributed by atoms with Crippen molar-refractivity contribution in [2.24, 2.45) is 0 Å². The predicted octanol–water partition coefficient (Wildman–Crippen LogP) is 2.19. The lowest BCUT2D eigenvalue weighted by atomic mass is 10.2. The van der Waals surface area contributed by atoms with Gasteiger partial charge in [0.2, 0.25) is 0 Å². The van der Waals surface area contributed by atoms with Gasteiger partial charge in [-0.3, -0.25) is 4.79 Å². The third-order valence-electron chi connectivity index (χ3n) is 2.99. The quantitative estimate of drug-likeness (QED) is 0.912. The van der Waals surface area contributed by atoms with Crippen LogP contribution in [0, 0.1) is 0 Å². The second-order valence-electron chi connectivity index (χ2n) is 4.40. The van der Waals surface area contributed by atoms with Crippen molar-refractivity contribution in [3.8, 4) is 5.75 Å². The van der Waals surface area contributed by atoms with Crippen LogP contribution >= 0.6 is 0 Å². The van der Waals surface area contributed by atoms with Crippen molar-refractivity contribution in [3.05, 3.63) is 42.1 Å². The van der Waals surface area contributed by atoms with Gasteiger partial charge >= 0.3 is 0 Å². The van der Waals surface area contributed by atoms with Crippen molar-refractivity contribution >= 4 is 17.4 Å². The van der Waals surface area contributed by atoms with Crippen molar-refractivity contribution in [2.45, 2.75) is 6.92 Å². The number of aromatic nitrogens is 2. The average molecular weight is 286 g/mol. The fraction of sp³-hybridized carbons (Fsp3) is 0.267. The Labute approximate surface area is 123 Å². The highest BCUT2D eigenvalue weighted by Gasteiger charge is 2.15. The maximum absolute atomic E-state index is 12.4. The predicted molar refractivity (Wildman–Crippen MR) is 81.9 cm³/mol. The topological polar surface area (TPSA) is 67.4 Å². The molecule has 0 aliphatic heterocycles. The van der Waals surface area contributed by atoms with E-state index in [0.717, 1.165) is 12.2 Å². The molecule has 1 aromatic carbocycles. The minimum Gasteiger partial charge on any atom is -0.497 e. The molecule has 1 heterocycles. The SMILES string of the molecule is CCNc1ccc(C(=O)N(C)c2cccc(OC)c2)nn1. The van der Waals surface area contributed by atoms with E-state index in [0.29, 0.717) is 17.3 Å². The summed E-state index contributed by atoms with van der Waals surface area (Å²) >= 11 is 0. The zero-order valence-corrected chi connectivity index (χ0v) is 12.3. The lowest BCUT2D eigenvalue weighted by molar-refractivity contribution is 0.0987. The number of carbonyl (C=O) groups is 1. The van der Waals surface area contributed by atoms with Gasteiger partial charge in [-0.2, -0.15) is 0 Å². The van der Waals surface area contributed by atoms with Crippen molar-refractivity contribution in [3.63, 3.8) is 0 Å². The molecule has 0 aliphatic carbocycles. The molecule has 0 aliphatic rings. The molecule has 0 fully saturated rings. The second kappa shape index (κ2) is 6.69. The van der Waals surface area contributed by atoms with Crippen LogP contribution in [0.3, 0.4) is 0 Å². The number of nitrogens with one attached hydrogen (secondary N) is 1. The fourth-order valence-corrected chi connectivity index (χ4v) is 1.83. The van der Waals surface area contributed by atoms with Gasteiger partial charge in [0.1, 0.15) is 11.6 Å². The summed E-state index contributed by atoms with van der Waals surface area (Å²) in [7, 11) is 3.28. The Morgan fingerprint density at radius 2 is 2.10 bits per heavy atom. The molecule has 2 aromatic rings. The number of rotatable bonds is 5. The van der Waals surface area contributed by atoms with E-state index in [-0.39, 0.29) is 5.91 Å².